The van der Waals surface area contributed by atoms with E-state index in [1.807, 2.05) is 12.1 Å². The molecule has 104 valence electrons. The summed E-state index contributed by atoms with van der Waals surface area (Å²) in [5.74, 6) is 0. The Hall–Kier alpha value is -1.03. The molecule has 2 N–H and O–H groups in total. The van der Waals surface area contributed by atoms with Gasteiger partial charge >= 0.3 is 0 Å². The summed E-state index contributed by atoms with van der Waals surface area (Å²) in [7, 11) is 0. The topological polar surface area (TPSA) is 38.9 Å². The lowest BCUT2D eigenvalue weighted by molar-refractivity contribution is 0.631. The predicted molar refractivity (Wildman–Crippen MR) is 85.2 cm³/mol. The minimum absolute atomic E-state index is 0.0387. The van der Waals surface area contributed by atoms with Crippen molar-refractivity contribution < 1.29 is 0 Å². The van der Waals surface area contributed by atoms with Gasteiger partial charge in [-0.25, -0.2) is 4.98 Å². The number of aromatic nitrogens is 1. The van der Waals surface area contributed by atoms with E-state index in [-0.39, 0.29) is 6.04 Å². The molecule has 0 bridgehead atoms. The van der Waals surface area contributed by atoms with Crippen molar-refractivity contribution in [3.63, 3.8) is 0 Å². The van der Waals surface area contributed by atoms with E-state index >= 15 is 0 Å². The maximum absolute atomic E-state index is 6.50. The fourth-order valence-corrected chi connectivity index (χ4v) is 4.12. The number of hydrogen-bond donors (Lipinski definition) is 1. The Bertz CT molecular complexity index is 603. The summed E-state index contributed by atoms with van der Waals surface area (Å²) in [6.45, 7) is 0. The predicted octanol–water partition coefficient (Wildman–Crippen LogP) is 4.23. The van der Waals surface area contributed by atoms with Crippen LogP contribution < -0.4 is 5.73 Å². The van der Waals surface area contributed by atoms with Crippen molar-refractivity contribution in [3.8, 4) is 0 Å². The Morgan fingerprint density at radius 2 is 2.05 bits per heavy atom. The van der Waals surface area contributed by atoms with E-state index in [9.17, 15) is 0 Å². The molecule has 2 aromatic rings. The Kier molecular flexibility index (Phi) is 4.29. The average molecular weight is 305 g/mol. The van der Waals surface area contributed by atoms with Crippen molar-refractivity contribution in [1.82, 2.24) is 4.98 Å². The minimum atomic E-state index is 0.0387. The number of thioether (sulfide) groups is 1. The third kappa shape index (κ3) is 2.85. The highest BCUT2D eigenvalue weighted by atomic mass is 35.5. The van der Waals surface area contributed by atoms with Crippen molar-refractivity contribution in [2.45, 2.75) is 35.6 Å². The van der Waals surface area contributed by atoms with Gasteiger partial charge in [-0.1, -0.05) is 47.6 Å². The van der Waals surface area contributed by atoms with Crippen LogP contribution in [0.3, 0.4) is 0 Å². The first kappa shape index (κ1) is 13.9. The minimum Gasteiger partial charge on any atom is -0.323 e. The van der Waals surface area contributed by atoms with Crippen LogP contribution in [0.5, 0.6) is 0 Å². The van der Waals surface area contributed by atoms with Gasteiger partial charge in [-0.05, 0) is 42.5 Å². The fourth-order valence-electron chi connectivity index (χ4n) is 2.69. The lowest BCUT2D eigenvalue weighted by Crippen LogP contribution is -2.23. The Labute approximate surface area is 128 Å². The second-order valence-electron chi connectivity index (χ2n) is 5.06. The second-order valence-corrected chi connectivity index (χ2v) is 6.70. The van der Waals surface area contributed by atoms with Crippen molar-refractivity contribution >= 4 is 23.4 Å². The number of pyridine rings is 1. The van der Waals surface area contributed by atoms with Crippen LogP contribution in [0.4, 0.5) is 0 Å². The molecule has 0 fully saturated rings. The summed E-state index contributed by atoms with van der Waals surface area (Å²) in [5.41, 5.74) is 9.15. The molecule has 2 nitrogen and oxygen atoms in total. The molecule has 20 heavy (non-hydrogen) atoms. The smallest absolute Gasteiger partial charge is 0.115 e. The van der Waals surface area contributed by atoms with Crippen LogP contribution in [0.25, 0.3) is 0 Å². The third-order valence-corrected chi connectivity index (χ3v) is 5.53. The second kappa shape index (κ2) is 6.17. The number of nitrogens with zero attached hydrogens (tertiary/aromatic N) is 1. The van der Waals surface area contributed by atoms with E-state index in [4.69, 9.17) is 17.3 Å². The summed E-state index contributed by atoms with van der Waals surface area (Å²) in [6, 6.07) is 12.3. The number of aryl methyl sites for hydroxylation is 1. The molecule has 0 saturated carbocycles. The molecule has 0 amide bonds. The molecule has 0 radical (unpaired) electrons. The van der Waals surface area contributed by atoms with Gasteiger partial charge in [-0.2, -0.15) is 0 Å². The largest absolute Gasteiger partial charge is 0.323 e. The highest BCUT2D eigenvalue weighted by Gasteiger charge is 2.26. The molecule has 2 unspecified atom stereocenters. The van der Waals surface area contributed by atoms with Crippen LogP contribution in [0.15, 0.2) is 47.6 Å². The van der Waals surface area contributed by atoms with Crippen LogP contribution in [0, 0.1) is 0 Å². The zero-order valence-electron chi connectivity index (χ0n) is 11.1. The van der Waals surface area contributed by atoms with Gasteiger partial charge in [0.05, 0.1) is 5.02 Å². The number of fused-ring (bicyclic) bond motifs is 1. The highest BCUT2D eigenvalue weighted by molar-refractivity contribution is 8.00. The molecular formula is C16H17ClN2S. The van der Waals surface area contributed by atoms with Crippen molar-refractivity contribution in [3.05, 3.63) is 58.7 Å². The average Bonchev–Trinajstić information content (AvgIpc) is 2.62. The van der Waals surface area contributed by atoms with Gasteiger partial charge in [-0.15, -0.1) is 0 Å². The maximum Gasteiger partial charge on any atom is 0.115 e. The van der Waals surface area contributed by atoms with E-state index in [0.717, 1.165) is 24.3 Å². The molecular weight excluding hydrogens is 288 g/mol. The van der Waals surface area contributed by atoms with Gasteiger partial charge in [0.1, 0.15) is 5.03 Å². The van der Waals surface area contributed by atoms with Gasteiger partial charge in [0, 0.05) is 17.5 Å². The molecule has 1 heterocycles. The Morgan fingerprint density at radius 1 is 1.20 bits per heavy atom. The zero-order valence-corrected chi connectivity index (χ0v) is 12.7. The van der Waals surface area contributed by atoms with E-state index in [2.05, 4.69) is 29.2 Å². The third-order valence-electron chi connectivity index (χ3n) is 3.74. The van der Waals surface area contributed by atoms with Gasteiger partial charge in [-0.3, -0.25) is 0 Å². The monoisotopic (exact) mass is 304 g/mol. The molecule has 1 aromatic carbocycles. The number of benzene rings is 1. The summed E-state index contributed by atoms with van der Waals surface area (Å²) >= 11 is 7.92. The van der Waals surface area contributed by atoms with E-state index in [1.54, 1.807) is 18.0 Å². The molecule has 2 atom stereocenters. The normalized spacial score (nSPS) is 22.1. The van der Waals surface area contributed by atoms with E-state index in [0.29, 0.717) is 10.3 Å². The summed E-state index contributed by atoms with van der Waals surface area (Å²) in [4.78, 5) is 4.37. The quantitative estimate of drug-likeness (QED) is 0.844. The first-order chi connectivity index (χ1) is 9.75. The molecule has 3 rings (SSSR count). The van der Waals surface area contributed by atoms with Crippen LogP contribution in [0.2, 0.25) is 5.02 Å². The van der Waals surface area contributed by atoms with Crippen molar-refractivity contribution in [1.29, 1.82) is 0 Å². The van der Waals surface area contributed by atoms with Gasteiger partial charge in [0.15, 0.2) is 0 Å². The zero-order chi connectivity index (χ0) is 13.9. The molecule has 1 aromatic heterocycles. The van der Waals surface area contributed by atoms with E-state index in [1.165, 1.54) is 11.1 Å². The summed E-state index contributed by atoms with van der Waals surface area (Å²) in [5, 5.41) is 1.92. The highest BCUT2D eigenvalue weighted by Crippen LogP contribution is 2.39. The molecule has 0 spiro atoms. The SMILES string of the molecule is NC1c2ccccc2CCCC1Sc1ncccc1Cl. The van der Waals surface area contributed by atoms with Crippen molar-refractivity contribution in [2.75, 3.05) is 0 Å². The molecule has 0 saturated heterocycles. The van der Waals surface area contributed by atoms with Crippen molar-refractivity contribution in [2.24, 2.45) is 5.73 Å². The van der Waals surface area contributed by atoms with Crippen LogP contribution in [0.1, 0.15) is 30.0 Å². The number of rotatable bonds is 2. The van der Waals surface area contributed by atoms with Gasteiger partial charge < -0.3 is 5.73 Å². The Morgan fingerprint density at radius 3 is 2.90 bits per heavy atom. The number of halogens is 1. The molecule has 1 aliphatic rings. The van der Waals surface area contributed by atoms with Crippen LogP contribution >= 0.6 is 23.4 Å². The summed E-state index contributed by atoms with van der Waals surface area (Å²) in [6.07, 6.45) is 5.14. The number of nitrogens with two attached hydrogens (primary N) is 1. The number of hydrogen-bond acceptors (Lipinski definition) is 3. The first-order valence-electron chi connectivity index (χ1n) is 6.86. The maximum atomic E-state index is 6.50. The Balaban J connectivity index is 1.86. The molecule has 4 heteroatoms. The lowest BCUT2D eigenvalue weighted by Gasteiger charge is -2.22. The van der Waals surface area contributed by atoms with Crippen LogP contribution in [-0.2, 0) is 6.42 Å². The summed E-state index contributed by atoms with van der Waals surface area (Å²) < 4.78 is 0. The molecule has 0 aliphatic heterocycles. The lowest BCUT2D eigenvalue weighted by atomic mass is 10.00. The fraction of sp³-hybridized carbons (Fsp3) is 0.312. The van der Waals surface area contributed by atoms with Gasteiger partial charge in [0.2, 0.25) is 0 Å². The standard InChI is InChI=1S/C16H17ClN2S/c17-13-8-4-10-19-16(13)20-14-9-3-6-11-5-1-2-7-12(11)15(14)18/h1-2,4-5,7-8,10,14-15H,3,6,9,18H2. The van der Waals surface area contributed by atoms with Crippen LogP contribution in [-0.4, -0.2) is 10.2 Å². The van der Waals surface area contributed by atoms with E-state index < -0.39 is 0 Å². The molecule has 1 aliphatic carbocycles. The first-order valence-corrected chi connectivity index (χ1v) is 8.12. The van der Waals surface area contributed by atoms with Gasteiger partial charge in [0.25, 0.3) is 0 Å².